The molecule has 0 aliphatic rings. The second-order valence-corrected chi connectivity index (χ2v) is 5.96. The SMILES string of the molecule is COC(=O)[C@H](CC(=O)c1ccc(Br)cc1)n1nc(C)cc1C. The molecular weight excluding hydrogens is 348 g/mol. The van der Waals surface area contributed by atoms with Crippen LogP contribution in [0.1, 0.15) is 34.2 Å². The molecular formula is C16H17BrN2O3. The Balaban J connectivity index is 2.27. The molecule has 1 aromatic carbocycles. The Hall–Kier alpha value is -1.95. The molecule has 1 atom stereocenters. The van der Waals surface area contributed by atoms with Crippen molar-refractivity contribution in [2.24, 2.45) is 0 Å². The molecule has 5 nitrogen and oxygen atoms in total. The van der Waals surface area contributed by atoms with Crippen molar-refractivity contribution in [2.75, 3.05) is 7.11 Å². The number of carbonyl (C=O) groups excluding carboxylic acids is 2. The maximum Gasteiger partial charge on any atom is 0.331 e. The number of nitrogens with zero attached hydrogens (tertiary/aromatic N) is 2. The number of hydrogen-bond donors (Lipinski definition) is 0. The lowest BCUT2D eigenvalue weighted by Gasteiger charge is -2.16. The Bertz CT molecular complexity index is 692. The van der Waals surface area contributed by atoms with E-state index < -0.39 is 12.0 Å². The van der Waals surface area contributed by atoms with E-state index >= 15 is 0 Å². The molecule has 2 rings (SSSR count). The van der Waals surface area contributed by atoms with Crippen LogP contribution in [0.15, 0.2) is 34.8 Å². The van der Waals surface area contributed by atoms with E-state index in [9.17, 15) is 9.59 Å². The molecule has 0 N–H and O–H groups in total. The van der Waals surface area contributed by atoms with Gasteiger partial charge in [-0.25, -0.2) is 4.79 Å². The van der Waals surface area contributed by atoms with Crippen molar-refractivity contribution in [1.82, 2.24) is 9.78 Å². The van der Waals surface area contributed by atoms with E-state index in [-0.39, 0.29) is 12.2 Å². The highest BCUT2D eigenvalue weighted by atomic mass is 79.9. The van der Waals surface area contributed by atoms with Crippen LogP contribution < -0.4 is 0 Å². The highest BCUT2D eigenvalue weighted by molar-refractivity contribution is 9.10. The standard InChI is InChI=1S/C16H17BrN2O3/c1-10-8-11(2)19(18-10)14(16(21)22-3)9-15(20)12-4-6-13(17)7-5-12/h4-8,14H,9H2,1-3H3/t14-/m0/s1. The van der Waals surface area contributed by atoms with Gasteiger partial charge in [-0.15, -0.1) is 0 Å². The van der Waals surface area contributed by atoms with Crippen molar-refractivity contribution >= 4 is 27.7 Å². The number of esters is 1. The van der Waals surface area contributed by atoms with Crippen LogP contribution in [0.4, 0.5) is 0 Å². The predicted octanol–water partition coefficient (Wildman–Crippen LogP) is 3.25. The van der Waals surface area contributed by atoms with E-state index in [1.165, 1.54) is 7.11 Å². The minimum atomic E-state index is -0.755. The molecule has 6 heteroatoms. The summed E-state index contributed by atoms with van der Waals surface area (Å²) in [5, 5.41) is 4.30. The number of benzene rings is 1. The van der Waals surface area contributed by atoms with Gasteiger partial charge < -0.3 is 4.74 Å². The van der Waals surface area contributed by atoms with Crippen molar-refractivity contribution in [2.45, 2.75) is 26.3 Å². The van der Waals surface area contributed by atoms with Crippen LogP contribution in [0.25, 0.3) is 0 Å². The number of aromatic nitrogens is 2. The number of methoxy groups -OCH3 is 1. The van der Waals surface area contributed by atoms with Crippen molar-refractivity contribution in [3.05, 3.63) is 51.8 Å². The first-order valence-corrected chi connectivity index (χ1v) is 7.61. The van der Waals surface area contributed by atoms with Gasteiger partial charge in [0.15, 0.2) is 11.8 Å². The summed E-state index contributed by atoms with van der Waals surface area (Å²) in [4.78, 5) is 24.5. The summed E-state index contributed by atoms with van der Waals surface area (Å²) in [6.07, 6.45) is 0.0102. The van der Waals surface area contributed by atoms with Crippen LogP contribution in [-0.4, -0.2) is 28.6 Å². The number of ether oxygens (including phenoxy) is 1. The zero-order valence-corrected chi connectivity index (χ0v) is 14.3. The van der Waals surface area contributed by atoms with E-state index in [0.29, 0.717) is 5.56 Å². The highest BCUT2D eigenvalue weighted by Crippen LogP contribution is 2.20. The number of ketones is 1. The van der Waals surface area contributed by atoms with Gasteiger partial charge >= 0.3 is 5.97 Å². The van der Waals surface area contributed by atoms with Gasteiger partial charge in [-0.3, -0.25) is 9.48 Å². The molecule has 0 unspecified atom stereocenters. The summed E-state index contributed by atoms with van der Waals surface area (Å²) >= 11 is 3.33. The average molecular weight is 365 g/mol. The average Bonchev–Trinajstić information content (AvgIpc) is 2.83. The monoisotopic (exact) mass is 364 g/mol. The van der Waals surface area contributed by atoms with Gasteiger partial charge in [0.25, 0.3) is 0 Å². The van der Waals surface area contributed by atoms with E-state index in [0.717, 1.165) is 15.9 Å². The van der Waals surface area contributed by atoms with Gasteiger partial charge in [0.1, 0.15) is 0 Å². The number of aryl methyl sites for hydroxylation is 2. The smallest absolute Gasteiger partial charge is 0.331 e. The molecule has 2 aromatic rings. The first-order valence-electron chi connectivity index (χ1n) is 6.81. The van der Waals surface area contributed by atoms with E-state index in [1.807, 2.05) is 19.9 Å². The Morgan fingerprint density at radius 2 is 1.91 bits per heavy atom. The summed E-state index contributed by atoms with van der Waals surface area (Å²) in [5.74, 6) is -0.605. The number of carbonyl (C=O) groups is 2. The molecule has 0 bridgehead atoms. The topological polar surface area (TPSA) is 61.2 Å². The van der Waals surface area contributed by atoms with Crippen LogP contribution in [0.5, 0.6) is 0 Å². The molecule has 1 aromatic heterocycles. The lowest BCUT2D eigenvalue weighted by atomic mass is 10.0. The first kappa shape index (κ1) is 16.4. The van der Waals surface area contributed by atoms with Gasteiger partial charge in [-0.05, 0) is 32.0 Å². The fourth-order valence-electron chi connectivity index (χ4n) is 2.30. The number of Topliss-reactive ketones (excluding diaryl/α,β-unsaturated/α-hetero) is 1. The molecule has 0 amide bonds. The maximum absolute atomic E-state index is 12.4. The van der Waals surface area contributed by atoms with Gasteiger partial charge in [-0.1, -0.05) is 28.1 Å². The first-order chi connectivity index (χ1) is 10.4. The number of hydrogen-bond acceptors (Lipinski definition) is 4. The zero-order chi connectivity index (χ0) is 16.3. The quantitative estimate of drug-likeness (QED) is 0.603. The van der Waals surface area contributed by atoms with Crippen molar-refractivity contribution in [3.8, 4) is 0 Å². The normalized spacial score (nSPS) is 12.0. The lowest BCUT2D eigenvalue weighted by Crippen LogP contribution is -2.25. The van der Waals surface area contributed by atoms with Gasteiger partial charge in [0.05, 0.1) is 12.8 Å². The van der Waals surface area contributed by atoms with Gasteiger partial charge in [0.2, 0.25) is 0 Å². The fourth-order valence-corrected chi connectivity index (χ4v) is 2.56. The summed E-state index contributed by atoms with van der Waals surface area (Å²) in [7, 11) is 1.31. The molecule has 0 aliphatic carbocycles. The number of rotatable bonds is 5. The van der Waals surface area contributed by atoms with Crippen molar-refractivity contribution in [1.29, 1.82) is 0 Å². The van der Waals surface area contributed by atoms with E-state index in [2.05, 4.69) is 21.0 Å². The van der Waals surface area contributed by atoms with E-state index in [4.69, 9.17) is 4.74 Å². The molecule has 116 valence electrons. The van der Waals surface area contributed by atoms with Gasteiger partial charge in [-0.2, -0.15) is 5.10 Å². The summed E-state index contributed by atoms with van der Waals surface area (Å²) in [6.45, 7) is 3.69. The van der Waals surface area contributed by atoms with Gasteiger partial charge in [0, 0.05) is 22.2 Å². The third-order valence-corrected chi connectivity index (χ3v) is 3.89. The highest BCUT2D eigenvalue weighted by Gasteiger charge is 2.27. The fraction of sp³-hybridized carbons (Fsp3) is 0.312. The second-order valence-electron chi connectivity index (χ2n) is 5.04. The van der Waals surface area contributed by atoms with Crippen LogP contribution in [0, 0.1) is 13.8 Å². The Kier molecular flexibility index (Phi) is 5.13. The molecule has 0 spiro atoms. The Labute approximate surface area is 137 Å². The molecule has 22 heavy (non-hydrogen) atoms. The Morgan fingerprint density at radius 3 is 2.41 bits per heavy atom. The van der Waals surface area contributed by atoms with Crippen molar-refractivity contribution in [3.63, 3.8) is 0 Å². The van der Waals surface area contributed by atoms with Crippen LogP contribution in [-0.2, 0) is 9.53 Å². The molecule has 0 aliphatic heterocycles. The summed E-state index contributed by atoms with van der Waals surface area (Å²) < 4.78 is 7.28. The van der Waals surface area contributed by atoms with Crippen molar-refractivity contribution < 1.29 is 14.3 Å². The molecule has 0 radical (unpaired) electrons. The van der Waals surface area contributed by atoms with E-state index in [1.54, 1.807) is 28.9 Å². The molecule has 0 saturated heterocycles. The van der Waals surface area contributed by atoms with Crippen LogP contribution in [0.2, 0.25) is 0 Å². The molecule has 0 fully saturated rings. The third-order valence-electron chi connectivity index (χ3n) is 3.36. The summed E-state index contributed by atoms with van der Waals surface area (Å²) in [6, 6.07) is 8.15. The summed E-state index contributed by atoms with van der Waals surface area (Å²) in [5.41, 5.74) is 2.16. The minimum Gasteiger partial charge on any atom is -0.467 e. The Morgan fingerprint density at radius 1 is 1.27 bits per heavy atom. The number of halogens is 1. The minimum absolute atomic E-state index is 0.0102. The zero-order valence-electron chi connectivity index (χ0n) is 12.7. The lowest BCUT2D eigenvalue weighted by molar-refractivity contribution is -0.144. The predicted molar refractivity (Wildman–Crippen MR) is 85.8 cm³/mol. The molecule has 0 saturated carbocycles. The maximum atomic E-state index is 12.4. The third kappa shape index (κ3) is 3.62. The van der Waals surface area contributed by atoms with Crippen LogP contribution in [0.3, 0.4) is 0 Å². The largest absolute Gasteiger partial charge is 0.467 e. The van der Waals surface area contributed by atoms with Crippen LogP contribution >= 0.6 is 15.9 Å². The molecule has 1 heterocycles. The second kappa shape index (κ2) is 6.87.